The van der Waals surface area contributed by atoms with Crippen molar-refractivity contribution in [2.24, 2.45) is 12.8 Å². The number of carbonyl (C=O) groups is 1. The number of hydrogen-bond donors (Lipinski definition) is 3. The summed E-state index contributed by atoms with van der Waals surface area (Å²) in [4.78, 5) is 25.9. The number of nitrogens with two attached hydrogens (primary N) is 1. The molecule has 3 heterocycles. The van der Waals surface area contributed by atoms with Crippen molar-refractivity contribution in [3.8, 4) is 17.1 Å². The number of carbonyl (C=O) groups excluding carboxylic acids is 1. The maximum atomic E-state index is 12.7. The van der Waals surface area contributed by atoms with Crippen LogP contribution >= 0.6 is 0 Å². The molecule has 4 aromatic rings. The molecule has 3 aromatic heterocycles. The molecule has 0 spiro atoms. The molecule has 10 nitrogen and oxygen atoms in total. The van der Waals surface area contributed by atoms with Crippen LogP contribution in [0, 0.1) is 0 Å². The van der Waals surface area contributed by atoms with Gasteiger partial charge in [0.05, 0.1) is 29.6 Å². The van der Waals surface area contributed by atoms with Gasteiger partial charge in [0, 0.05) is 37.5 Å². The van der Waals surface area contributed by atoms with Crippen LogP contribution in [0.4, 0.5) is 23.0 Å². The number of aryl methyl sites for hydroxylation is 1. The minimum absolute atomic E-state index is 0.0364. The first kappa shape index (κ1) is 24.8. The molecule has 0 atom stereocenters. The monoisotopic (exact) mass is 486 g/mol. The van der Waals surface area contributed by atoms with Crippen molar-refractivity contribution in [2.75, 3.05) is 17.7 Å². The van der Waals surface area contributed by atoms with Crippen LogP contribution < -0.4 is 21.1 Å². The molecule has 0 radical (unpaired) electrons. The summed E-state index contributed by atoms with van der Waals surface area (Å²) in [6.07, 6.45) is 5.27. The Morgan fingerprint density at radius 3 is 2.44 bits per heavy atom. The number of para-hydroxylation sites is 1. The van der Waals surface area contributed by atoms with E-state index in [1.54, 1.807) is 43.6 Å². The lowest BCUT2D eigenvalue weighted by Crippen LogP contribution is -2.28. The van der Waals surface area contributed by atoms with Crippen molar-refractivity contribution >= 4 is 28.8 Å². The molecule has 4 N–H and O–H groups in total. The van der Waals surface area contributed by atoms with Crippen LogP contribution in [0.3, 0.4) is 0 Å². The Kier molecular flexibility index (Phi) is 6.98. The van der Waals surface area contributed by atoms with Crippen molar-refractivity contribution in [1.82, 2.24) is 24.7 Å². The summed E-state index contributed by atoms with van der Waals surface area (Å²) in [7, 11) is 3.39. The van der Waals surface area contributed by atoms with Gasteiger partial charge in [-0.1, -0.05) is 19.1 Å². The molecule has 0 saturated carbocycles. The van der Waals surface area contributed by atoms with E-state index in [2.05, 4.69) is 30.7 Å². The van der Waals surface area contributed by atoms with Gasteiger partial charge in [0.25, 0.3) is 0 Å². The molecule has 1 aromatic carbocycles. The normalized spacial score (nSPS) is 11.3. The Morgan fingerprint density at radius 1 is 1.06 bits per heavy atom. The molecular weight excluding hydrogens is 456 g/mol. The van der Waals surface area contributed by atoms with Gasteiger partial charge < -0.3 is 21.1 Å². The topological polar surface area (TPSA) is 133 Å². The van der Waals surface area contributed by atoms with E-state index in [0.29, 0.717) is 46.6 Å². The first-order valence-electron chi connectivity index (χ1n) is 11.5. The Balaban J connectivity index is 1.69. The average Bonchev–Trinajstić information content (AvgIpc) is 3.29. The van der Waals surface area contributed by atoms with E-state index in [1.807, 2.05) is 51.1 Å². The van der Waals surface area contributed by atoms with Crippen LogP contribution in [0.2, 0.25) is 0 Å². The number of anilines is 4. The molecule has 0 fully saturated rings. The molecule has 36 heavy (non-hydrogen) atoms. The third-order valence-electron chi connectivity index (χ3n) is 5.62. The number of ketones is 1. The zero-order valence-corrected chi connectivity index (χ0v) is 21.0. The van der Waals surface area contributed by atoms with Crippen LogP contribution in [-0.2, 0) is 12.6 Å². The summed E-state index contributed by atoms with van der Waals surface area (Å²) < 4.78 is 7.34. The smallest absolute Gasteiger partial charge is 0.184 e. The van der Waals surface area contributed by atoms with Crippen molar-refractivity contribution in [2.45, 2.75) is 32.7 Å². The van der Waals surface area contributed by atoms with E-state index in [1.165, 1.54) is 0 Å². The number of pyridine rings is 2. The number of ether oxygens (including phenoxy) is 1. The molecule has 10 heteroatoms. The first-order valence-corrected chi connectivity index (χ1v) is 11.5. The highest BCUT2D eigenvalue weighted by molar-refractivity contribution is 6.02. The van der Waals surface area contributed by atoms with Crippen LogP contribution in [0.5, 0.6) is 5.75 Å². The van der Waals surface area contributed by atoms with Crippen molar-refractivity contribution in [1.29, 1.82) is 0 Å². The van der Waals surface area contributed by atoms with Crippen molar-refractivity contribution < 1.29 is 9.53 Å². The minimum atomic E-state index is -0.485. The number of benzene rings is 1. The van der Waals surface area contributed by atoms with Gasteiger partial charge in [-0.15, -0.1) is 0 Å². The van der Waals surface area contributed by atoms with Crippen LogP contribution in [0.1, 0.15) is 43.1 Å². The number of rotatable bonds is 9. The van der Waals surface area contributed by atoms with E-state index < -0.39 is 5.54 Å². The van der Waals surface area contributed by atoms with E-state index in [-0.39, 0.29) is 5.78 Å². The Bertz CT molecular complexity index is 1370. The number of hydrogen-bond acceptors (Lipinski definition) is 9. The van der Waals surface area contributed by atoms with Gasteiger partial charge >= 0.3 is 0 Å². The van der Waals surface area contributed by atoms with Gasteiger partial charge in [-0.05, 0) is 37.6 Å². The second kappa shape index (κ2) is 10.1. The number of Topliss-reactive ketones (excluding diaryl/α,β-unsaturated/α-hetero) is 1. The third-order valence-corrected chi connectivity index (χ3v) is 5.62. The standard InChI is InChI=1S/C26H30N8O2/c1-6-21(35)18-14-29-23(32-22-11-10-16(13-28-22)26(2,3)27)12-20(18)31-19-9-7-8-17(24(19)36-5)25-30-15-34(4)33-25/h7-15H,6,27H2,1-5H3,(H2,28,29,31,32). The van der Waals surface area contributed by atoms with E-state index in [0.717, 1.165) is 11.1 Å². The summed E-state index contributed by atoms with van der Waals surface area (Å²) in [5.74, 6) is 2.20. The highest BCUT2D eigenvalue weighted by Crippen LogP contribution is 2.37. The second-order valence-electron chi connectivity index (χ2n) is 8.92. The van der Waals surface area contributed by atoms with Crippen LogP contribution in [0.25, 0.3) is 11.4 Å². The number of aromatic nitrogens is 5. The number of nitrogens with one attached hydrogen (secondary N) is 2. The Hall–Kier alpha value is -4.31. The predicted molar refractivity (Wildman–Crippen MR) is 140 cm³/mol. The average molecular weight is 487 g/mol. The number of methoxy groups -OCH3 is 1. The van der Waals surface area contributed by atoms with Gasteiger partial charge in [-0.25, -0.2) is 15.0 Å². The lowest BCUT2D eigenvalue weighted by atomic mass is 9.98. The summed E-state index contributed by atoms with van der Waals surface area (Å²) in [6, 6.07) is 11.2. The van der Waals surface area contributed by atoms with Crippen LogP contribution in [-0.4, -0.2) is 37.6 Å². The Labute approximate surface area is 210 Å². The fraction of sp³-hybridized carbons (Fsp3) is 0.269. The fourth-order valence-corrected chi connectivity index (χ4v) is 3.66. The quantitative estimate of drug-likeness (QED) is 0.291. The second-order valence-corrected chi connectivity index (χ2v) is 8.92. The van der Waals surface area contributed by atoms with Crippen molar-refractivity contribution in [3.63, 3.8) is 0 Å². The molecule has 4 rings (SSSR count). The van der Waals surface area contributed by atoms with Crippen molar-refractivity contribution in [3.05, 3.63) is 66.2 Å². The number of nitrogens with zero attached hydrogens (tertiary/aromatic N) is 5. The zero-order valence-electron chi connectivity index (χ0n) is 21.0. The molecule has 0 unspecified atom stereocenters. The maximum Gasteiger partial charge on any atom is 0.184 e. The highest BCUT2D eigenvalue weighted by Gasteiger charge is 2.18. The van der Waals surface area contributed by atoms with Gasteiger partial charge in [0.15, 0.2) is 17.4 Å². The van der Waals surface area contributed by atoms with Gasteiger partial charge in [0.2, 0.25) is 0 Å². The highest BCUT2D eigenvalue weighted by atomic mass is 16.5. The van der Waals surface area contributed by atoms with E-state index in [9.17, 15) is 4.79 Å². The molecule has 0 aliphatic rings. The van der Waals surface area contributed by atoms with Crippen LogP contribution in [0.15, 0.2) is 55.1 Å². The predicted octanol–water partition coefficient (Wildman–Crippen LogP) is 4.55. The largest absolute Gasteiger partial charge is 0.494 e. The zero-order chi connectivity index (χ0) is 25.9. The van der Waals surface area contributed by atoms with E-state index >= 15 is 0 Å². The summed E-state index contributed by atoms with van der Waals surface area (Å²) in [6.45, 7) is 5.66. The van der Waals surface area contributed by atoms with Gasteiger partial charge in [0.1, 0.15) is 18.0 Å². The third kappa shape index (κ3) is 5.33. The van der Waals surface area contributed by atoms with Gasteiger partial charge in [-0.3, -0.25) is 9.48 Å². The molecule has 0 aliphatic heterocycles. The molecule has 0 aliphatic carbocycles. The summed E-state index contributed by atoms with van der Waals surface area (Å²) >= 11 is 0. The first-order chi connectivity index (χ1) is 17.2. The summed E-state index contributed by atoms with van der Waals surface area (Å²) in [5.41, 5.74) is 9.04. The molecule has 0 amide bonds. The molecule has 0 saturated heterocycles. The lowest BCUT2D eigenvalue weighted by Gasteiger charge is -2.19. The fourth-order valence-electron chi connectivity index (χ4n) is 3.66. The molecular formula is C26H30N8O2. The molecule has 0 bridgehead atoms. The minimum Gasteiger partial charge on any atom is -0.494 e. The SMILES string of the molecule is CCC(=O)c1cnc(Nc2ccc(C(C)(C)N)cn2)cc1Nc1cccc(-c2ncn(C)n2)c1OC. The maximum absolute atomic E-state index is 12.7. The van der Waals surface area contributed by atoms with E-state index in [4.69, 9.17) is 10.5 Å². The molecule has 186 valence electrons. The summed E-state index contributed by atoms with van der Waals surface area (Å²) in [5, 5.41) is 10.9. The lowest BCUT2D eigenvalue weighted by molar-refractivity contribution is 0.0988. The van der Waals surface area contributed by atoms with Gasteiger partial charge in [-0.2, -0.15) is 5.10 Å². The Morgan fingerprint density at radius 2 is 1.83 bits per heavy atom.